The van der Waals surface area contributed by atoms with Gasteiger partial charge in [0, 0.05) is 17.0 Å². The Morgan fingerprint density at radius 2 is 1.73 bits per heavy atom. The molecule has 4 rings (SSSR count). The van der Waals surface area contributed by atoms with Crippen LogP contribution in [0.3, 0.4) is 0 Å². The van der Waals surface area contributed by atoms with Crippen molar-refractivity contribution in [1.82, 2.24) is 4.90 Å². The molecule has 4 nitrogen and oxygen atoms in total. The van der Waals surface area contributed by atoms with Gasteiger partial charge in [0.2, 0.25) is 0 Å². The summed E-state index contributed by atoms with van der Waals surface area (Å²) in [5.74, 6) is -2.50. The van der Waals surface area contributed by atoms with Crippen LogP contribution in [0, 0.1) is 5.82 Å². The Bertz CT molecular complexity index is 1180. The summed E-state index contributed by atoms with van der Waals surface area (Å²) in [5, 5.41) is 11.5. The normalized spacial score (nSPS) is 15.7. The number of carboxylic acids is 1. The first-order chi connectivity index (χ1) is 14.3. The summed E-state index contributed by atoms with van der Waals surface area (Å²) < 4.78 is 15.0. The predicted molar refractivity (Wildman–Crippen MR) is 116 cm³/mol. The molecule has 1 unspecified atom stereocenters. The van der Waals surface area contributed by atoms with E-state index in [0.29, 0.717) is 6.42 Å². The van der Waals surface area contributed by atoms with Crippen LogP contribution in [-0.2, 0) is 6.42 Å². The van der Waals surface area contributed by atoms with Crippen molar-refractivity contribution in [3.8, 4) is 0 Å². The Morgan fingerprint density at radius 3 is 2.43 bits per heavy atom. The number of carbonyl (C=O) groups excluding carboxylic acids is 1. The largest absolute Gasteiger partial charge is 0.478 e. The smallest absolute Gasteiger partial charge is 0.336 e. The van der Waals surface area contributed by atoms with Crippen molar-refractivity contribution in [3.05, 3.63) is 89.8 Å². The monoisotopic (exact) mass is 483 g/mol. The minimum atomic E-state index is -1.31. The highest BCUT2D eigenvalue weighted by atomic mass is 35.5. The van der Waals surface area contributed by atoms with Crippen LogP contribution in [0.1, 0.15) is 42.8 Å². The van der Waals surface area contributed by atoms with Gasteiger partial charge in [0.15, 0.2) is 0 Å². The summed E-state index contributed by atoms with van der Waals surface area (Å²) in [6.07, 6.45) is 0.571. The fourth-order valence-electron chi connectivity index (χ4n) is 3.66. The zero-order chi connectivity index (χ0) is 21.6. The van der Waals surface area contributed by atoms with Gasteiger partial charge < -0.3 is 10.0 Å². The highest BCUT2D eigenvalue weighted by molar-refractivity contribution is 7.10. The quantitative estimate of drug-likeness (QED) is 0.472. The highest BCUT2D eigenvalue weighted by Crippen LogP contribution is 2.41. The van der Waals surface area contributed by atoms with Gasteiger partial charge in [-0.15, -0.1) is 11.3 Å². The van der Waals surface area contributed by atoms with Gasteiger partial charge in [-0.3, -0.25) is 4.79 Å². The predicted octanol–water partition coefficient (Wildman–Crippen LogP) is 6.33. The molecule has 3 aromatic rings. The molecule has 9 heteroatoms. The van der Waals surface area contributed by atoms with E-state index in [2.05, 4.69) is 0 Å². The second kappa shape index (κ2) is 8.19. The van der Waals surface area contributed by atoms with Crippen molar-refractivity contribution in [2.24, 2.45) is 0 Å². The molecule has 1 amide bonds. The molecule has 1 aliphatic heterocycles. The van der Waals surface area contributed by atoms with Gasteiger partial charge >= 0.3 is 5.97 Å². The lowest BCUT2D eigenvalue weighted by Crippen LogP contribution is -2.41. The average molecular weight is 485 g/mol. The van der Waals surface area contributed by atoms with Gasteiger partial charge in [-0.1, -0.05) is 46.9 Å². The number of nitrogens with zero attached hydrogens (tertiary/aromatic N) is 1. The number of hydrogen-bond acceptors (Lipinski definition) is 3. The standard InChI is InChI=1S/C21H13Cl3FNO3S/c22-14-3-1-2-11(18(14)25)19-10-5-7-30-17(10)4-6-26(19)20(27)12-8-15(23)16(24)9-13(12)21(28)29/h1-3,5,7-9,19H,4,6H2,(H,28,29). The summed E-state index contributed by atoms with van der Waals surface area (Å²) >= 11 is 19.5. The number of benzene rings is 2. The maximum Gasteiger partial charge on any atom is 0.336 e. The summed E-state index contributed by atoms with van der Waals surface area (Å²) in [6.45, 7) is 0.280. The highest BCUT2D eigenvalue weighted by Gasteiger charge is 2.36. The lowest BCUT2D eigenvalue weighted by atomic mass is 9.91. The van der Waals surface area contributed by atoms with Crippen molar-refractivity contribution >= 4 is 58.0 Å². The van der Waals surface area contributed by atoms with Crippen LogP contribution in [0.4, 0.5) is 4.39 Å². The van der Waals surface area contributed by atoms with Crippen LogP contribution in [0.25, 0.3) is 0 Å². The topological polar surface area (TPSA) is 57.6 Å². The number of carboxylic acid groups (broad SMARTS) is 1. The zero-order valence-corrected chi connectivity index (χ0v) is 18.2. The Balaban J connectivity index is 1.88. The Kier molecular flexibility index (Phi) is 5.77. The molecule has 1 N–H and O–H groups in total. The third-order valence-corrected chi connectivity index (χ3v) is 7.03. The lowest BCUT2D eigenvalue weighted by Gasteiger charge is -2.37. The fourth-order valence-corrected chi connectivity index (χ4v) is 5.07. The first kappa shape index (κ1) is 21.1. The van der Waals surface area contributed by atoms with E-state index >= 15 is 0 Å². The first-order valence-electron chi connectivity index (χ1n) is 8.83. The molecule has 2 aromatic carbocycles. The molecular weight excluding hydrogens is 472 g/mol. The molecule has 30 heavy (non-hydrogen) atoms. The third-order valence-electron chi connectivity index (χ3n) is 5.02. The fraction of sp³-hybridized carbons (Fsp3) is 0.143. The van der Waals surface area contributed by atoms with Crippen molar-refractivity contribution in [1.29, 1.82) is 0 Å². The molecule has 1 atom stereocenters. The summed E-state index contributed by atoms with van der Waals surface area (Å²) in [6, 6.07) is 8.11. The van der Waals surface area contributed by atoms with E-state index in [-0.39, 0.29) is 38.3 Å². The second-order valence-electron chi connectivity index (χ2n) is 6.71. The van der Waals surface area contributed by atoms with Gasteiger partial charge in [-0.05, 0) is 41.6 Å². The molecule has 0 saturated heterocycles. The lowest BCUT2D eigenvalue weighted by molar-refractivity contribution is 0.0652. The Hall–Kier alpha value is -2.12. The Morgan fingerprint density at radius 1 is 1.03 bits per heavy atom. The number of amides is 1. The van der Waals surface area contributed by atoms with Crippen LogP contribution in [0.2, 0.25) is 15.1 Å². The molecule has 0 saturated carbocycles. The van der Waals surface area contributed by atoms with Crippen LogP contribution in [0.15, 0.2) is 41.8 Å². The van der Waals surface area contributed by atoms with Crippen LogP contribution < -0.4 is 0 Å². The molecule has 0 aliphatic carbocycles. The molecule has 0 radical (unpaired) electrons. The molecule has 154 valence electrons. The molecule has 1 aliphatic rings. The number of aromatic carboxylic acids is 1. The maximum absolute atomic E-state index is 15.0. The minimum absolute atomic E-state index is 0.0295. The maximum atomic E-state index is 15.0. The number of carbonyl (C=O) groups is 2. The van der Waals surface area contributed by atoms with Gasteiger partial charge in [0.05, 0.1) is 32.2 Å². The van der Waals surface area contributed by atoms with Crippen LogP contribution >= 0.6 is 46.1 Å². The van der Waals surface area contributed by atoms with E-state index in [0.717, 1.165) is 16.5 Å². The molecular formula is C21H13Cl3FNO3S. The molecule has 1 aromatic heterocycles. The zero-order valence-electron chi connectivity index (χ0n) is 15.2. The van der Waals surface area contributed by atoms with E-state index in [1.165, 1.54) is 28.4 Å². The molecule has 0 bridgehead atoms. The SMILES string of the molecule is O=C(O)c1cc(Cl)c(Cl)cc1C(=O)N1CCc2sccc2C1c1cccc(Cl)c1F. The van der Waals surface area contributed by atoms with Crippen molar-refractivity contribution in [2.45, 2.75) is 12.5 Å². The average Bonchev–Trinajstić information content (AvgIpc) is 3.19. The van der Waals surface area contributed by atoms with E-state index in [9.17, 15) is 19.1 Å². The van der Waals surface area contributed by atoms with Crippen molar-refractivity contribution < 1.29 is 19.1 Å². The van der Waals surface area contributed by atoms with Crippen molar-refractivity contribution in [3.63, 3.8) is 0 Å². The summed E-state index contributed by atoms with van der Waals surface area (Å²) in [7, 11) is 0. The van der Waals surface area contributed by atoms with E-state index in [1.807, 2.05) is 11.4 Å². The van der Waals surface area contributed by atoms with Gasteiger partial charge in [-0.25, -0.2) is 9.18 Å². The van der Waals surface area contributed by atoms with Crippen molar-refractivity contribution in [2.75, 3.05) is 6.54 Å². The third kappa shape index (κ3) is 3.58. The van der Waals surface area contributed by atoms with Gasteiger partial charge in [0.1, 0.15) is 5.82 Å². The number of rotatable bonds is 3. The second-order valence-corrected chi connectivity index (χ2v) is 8.93. The van der Waals surface area contributed by atoms with Gasteiger partial charge in [0.25, 0.3) is 5.91 Å². The Labute approximate surface area is 190 Å². The van der Waals surface area contributed by atoms with Crippen LogP contribution in [-0.4, -0.2) is 28.4 Å². The van der Waals surface area contributed by atoms with E-state index in [1.54, 1.807) is 12.1 Å². The summed E-state index contributed by atoms with van der Waals surface area (Å²) in [4.78, 5) is 27.7. The number of fused-ring (bicyclic) bond motifs is 1. The van der Waals surface area contributed by atoms with Gasteiger partial charge in [-0.2, -0.15) is 0 Å². The van der Waals surface area contributed by atoms with Crippen LogP contribution in [0.5, 0.6) is 0 Å². The molecule has 2 heterocycles. The number of hydrogen-bond donors (Lipinski definition) is 1. The molecule has 0 fully saturated rings. The minimum Gasteiger partial charge on any atom is -0.478 e. The number of thiophene rings is 1. The first-order valence-corrected chi connectivity index (χ1v) is 10.8. The van der Waals surface area contributed by atoms with E-state index < -0.39 is 23.7 Å². The summed E-state index contributed by atoms with van der Waals surface area (Å²) in [5.41, 5.74) is 0.656. The van der Waals surface area contributed by atoms with E-state index in [4.69, 9.17) is 34.8 Å². The number of halogens is 4. The molecule has 0 spiro atoms.